The molecular formula is C8H11OP. The third-order valence-corrected chi connectivity index (χ3v) is 1.73. The minimum absolute atomic E-state index is 0.532. The summed E-state index contributed by atoms with van der Waals surface area (Å²) in [4.78, 5) is 0. The molecule has 0 saturated carbocycles. The van der Waals surface area contributed by atoms with E-state index >= 15 is 0 Å². The molecular weight excluding hydrogens is 143 g/mol. The average Bonchev–Trinajstić information content (AvgIpc) is 1.94. The van der Waals surface area contributed by atoms with E-state index in [-0.39, 0.29) is 0 Å². The second kappa shape index (κ2) is 3.58. The van der Waals surface area contributed by atoms with Crippen LogP contribution in [0.4, 0.5) is 0 Å². The van der Waals surface area contributed by atoms with E-state index in [1.165, 1.54) is 5.56 Å². The highest BCUT2D eigenvalue weighted by Crippen LogP contribution is 2.21. The Kier molecular flexibility index (Phi) is 2.70. The first-order valence-electron chi connectivity index (χ1n) is 3.24. The molecule has 0 spiro atoms. The molecule has 0 fully saturated rings. The Balaban J connectivity index is 2.81. The van der Waals surface area contributed by atoms with Crippen molar-refractivity contribution in [2.75, 3.05) is 6.66 Å². The van der Waals surface area contributed by atoms with Gasteiger partial charge in [0.05, 0.1) is 8.81 Å². The smallest absolute Gasteiger partial charge is 0.125 e. The van der Waals surface area contributed by atoms with Crippen LogP contribution >= 0.6 is 8.81 Å². The maximum atomic E-state index is 5.36. The van der Waals surface area contributed by atoms with E-state index in [0.29, 0.717) is 8.81 Å². The second-order valence-electron chi connectivity index (χ2n) is 2.07. The van der Waals surface area contributed by atoms with Crippen LogP contribution in [0.15, 0.2) is 24.3 Å². The SMILES string of the molecule is CPOc1ccccc1C. The molecule has 0 bridgehead atoms. The Morgan fingerprint density at radius 3 is 2.60 bits per heavy atom. The Bertz CT molecular complexity index is 210. The van der Waals surface area contributed by atoms with Crippen LogP contribution in [0.5, 0.6) is 5.75 Å². The van der Waals surface area contributed by atoms with Crippen LogP contribution in [0.2, 0.25) is 0 Å². The molecule has 0 amide bonds. The van der Waals surface area contributed by atoms with Crippen LogP contribution in [0, 0.1) is 6.92 Å². The monoisotopic (exact) mass is 154 g/mol. The molecule has 0 aliphatic rings. The Hall–Kier alpha value is -0.550. The molecule has 0 aromatic heterocycles. The number of rotatable bonds is 2. The number of hydrogen-bond acceptors (Lipinski definition) is 1. The first-order valence-corrected chi connectivity index (χ1v) is 4.64. The zero-order valence-electron chi connectivity index (χ0n) is 6.22. The summed E-state index contributed by atoms with van der Waals surface area (Å²) < 4.78 is 5.36. The third-order valence-electron chi connectivity index (χ3n) is 1.31. The lowest BCUT2D eigenvalue weighted by atomic mass is 10.2. The normalized spacial score (nSPS) is 10.6. The van der Waals surface area contributed by atoms with Crippen molar-refractivity contribution in [3.05, 3.63) is 29.8 Å². The van der Waals surface area contributed by atoms with Crippen LogP contribution in [0.1, 0.15) is 5.56 Å². The molecule has 1 aromatic carbocycles. The molecule has 1 nitrogen and oxygen atoms in total. The quantitative estimate of drug-likeness (QED) is 0.595. The van der Waals surface area contributed by atoms with Gasteiger partial charge in [0.1, 0.15) is 5.75 Å². The molecule has 2 heteroatoms. The van der Waals surface area contributed by atoms with Gasteiger partial charge < -0.3 is 4.52 Å². The van der Waals surface area contributed by atoms with Gasteiger partial charge in [-0.2, -0.15) is 0 Å². The van der Waals surface area contributed by atoms with Gasteiger partial charge >= 0.3 is 0 Å². The van der Waals surface area contributed by atoms with Crippen LogP contribution in [-0.4, -0.2) is 6.66 Å². The first kappa shape index (κ1) is 7.56. The van der Waals surface area contributed by atoms with Gasteiger partial charge in [0.2, 0.25) is 0 Å². The fourth-order valence-electron chi connectivity index (χ4n) is 0.781. The van der Waals surface area contributed by atoms with Gasteiger partial charge in [-0.1, -0.05) is 18.2 Å². The summed E-state index contributed by atoms with van der Waals surface area (Å²) in [5.41, 5.74) is 1.21. The number of benzene rings is 1. The van der Waals surface area contributed by atoms with Gasteiger partial charge in [-0.15, -0.1) is 0 Å². The second-order valence-corrected chi connectivity index (χ2v) is 2.68. The Morgan fingerprint density at radius 2 is 2.00 bits per heavy atom. The molecule has 0 radical (unpaired) electrons. The molecule has 0 saturated heterocycles. The lowest BCUT2D eigenvalue weighted by Gasteiger charge is -2.03. The van der Waals surface area contributed by atoms with Gasteiger partial charge in [-0.3, -0.25) is 0 Å². The number of hydrogen-bond donors (Lipinski definition) is 0. The van der Waals surface area contributed by atoms with E-state index in [2.05, 4.69) is 13.0 Å². The van der Waals surface area contributed by atoms with E-state index in [0.717, 1.165) is 5.75 Å². The predicted molar refractivity (Wildman–Crippen MR) is 46.0 cm³/mol. The summed E-state index contributed by atoms with van der Waals surface area (Å²) in [7, 11) is 0.532. The Labute approximate surface area is 63.3 Å². The maximum Gasteiger partial charge on any atom is 0.125 e. The standard InChI is InChI=1S/C8H11OP/c1-7-5-3-4-6-8(7)9-10-2/h3-6,10H,1-2H3. The van der Waals surface area contributed by atoms with Crippen molar-refractivity contribution in [2.24, 2.45) is 0 Å². The van der Waals surface area contributed by atoms with Gasteiger partial charge in [0.25, 0.3) is 0 Å². The molecule has 1 aromatic rings. The third kappa shape index (κ3) is 1.71. The first-order chi connectivity index (χ1) is 4.84. The molecule has 1 atom stereocenters. The number of para-hydroxylation sites is 1. The maximum absolute atomic E-state index is 5.36. The van der Waals surface area contributed by atoms with E-state index in [4.69, 9.17) is 4.52 Å². The van der Waals surface area contributed by atoms with Crippen LogP contribution < -0.4 is 4.52 Å². The summed E-state index contributed by atoms with van der Waals surface area (Å²) in [5.74, 6) is 1.00. The molecule has 0 aliphatic carbocycles. The summed E-state index contributed by atoms with van der Waals surface area (Å²) in [6.07, 6.45) is 0. The minimum Gasteiger partial charge on any atom is -0.477 e. The van der Waals surface area contributed by atoms with Crippen LogP contribution in [0.3, 0.4) is 0 Å². The molecule has 0 heterocycles. The summed E-state index contributed by atoms with van der Waals surface area (Å²) in [6, 6.07) is 8.05. The lowest BCUT2D eigenvalue weighted by molar-refractivity contribution is 0.629. The molecule has 54 valence electrons. The van der Waals surface area contributed by atoms with Crippen molar-refractivity contribution in [3.63, 3.8) is 0 Å². The van der Waals surface area contributed by atoms with Crippen molar-refractivity contribution in [1.29, 1.82) is 0 Å². The zero-order valence-corrected chi connectivity index (χ0v) is 7.22. The summed E-state index contributed by atoms with van der Waals surface area (Å²) in [6.45, 7) is 4.07. The van der Waals surface area contributed by atoms with Crippen molar-refractivity contribution in [2.45, 2.75) is 6.92 Å². The molecule has 1 rings (SSSR count). The van der Waals surface area contributed by atoms with Crippen molar-refractivity contribution >= 4 is 8.81 Å². The Morgan fingerprint density at radius 1 is 1.30 bits per heavy atom. The van der Waals surface area contributed by atoms with Crippen LogP contribution in [-0.2, 0) is 0 Å². The summed E-state index contributed by atoms with van der Waals surface area (Å²) >= 11 is 0. The fraction of sp³-hybridized carbons (Fsp3) is 0.250. The highest BCUT2D eigenvalue weighted by molar-refractivity contribution is 7.31. The topological polar surface area (TPSA) is 9.23 Å². The van der Waals surface area contributed by atoms with Gasteiger partial charge in [-0.25, -0.2) is 0 Å². The molecule has 0 N–H and O–H groups in total. The van der Waals surface area contributed by atoms with Crippen molar-refractivity contribution < 1.29 is 4.52 Å². The van der Waals surface area contributed by atoms with E-state index in [1.54, 1.807) is 0 Å². The van der Waals surface area contributed by atoms with Gasteiger partial charge in [0.15, 0.2) is 0 Å². The summed E-state index contributed by atoms with van der Waals surface area (Å²) in [5, 5.41) is 0. The fourth-order valence-corrected chi connectivity index (χ4v) is 1.23. The average molecular weight is 154 g/mol. The number of aryl methyl sites for hydroxylation is 1. The molecule has 10 heavy (non-hydrogen) atoms. The van der Waals surface area contributed by atoms with Crippen molar-refractivity contribution in [3.8, 4) is 5.75 Å². The van der Waals surface area contributed by atoms with Crippen LogP contribution in [0.25, 0.3) is 0 Å². The van der Waals surface area contributed by atoms with E-state index < -0.39 is 0 Å². The zero-order chi connectivity index (χ0) is 7.40. The lowest BCUT2D eigenvalue weighted by Crippen LogP contribution is -1.80. The molecule has 0 aliphatic heterocycles. The van der Waals surface area contributed by atoms with Crippen molar-refractivity contribution in [1.82, 2.24) is 0 Å². The largest absolute Gasteiger partial charge is 0.477 e. The van der Waals surface area contributed by atoms with E-state index in [1.807, 2.05) is 24.9 Å². The highest BCUT2D eigenvalue weighted by atomic mass is 31.1. The molecule has 1 unspecified atom stereocenters. The van der Waals surface area contributed by atoms with Gasteiger partial charge in [-0.05, 0) is 25.2 Å². The van der Waals surface area contributed by atoms with E-state index in [9.17, 15) is 0 Å². The minimum atomic E-state index is 0.532. The van der Waals surface area contributed by atoms with Gasteiger partial charge in [0, 0.05) is 0 Å². The highest BCUT2D eigenvalue weighted by Gasteiger charge is 1.93. The predicted octanol–water partition coefficient (Wildman–Crippen LogP) is 2.60.